The third-order valence-corrected chi connectivity index (χ3v) is 2.63. The molecule has 0 bridgehead atoms. The molecule has 0 amide bonds. The van der Waals surface area contributed by atoms with Gasteiger partial charge >= 0.3 is 12.1 Å². The summed E-state index contributed by atoms with van der Waals surface area (Å²) in [5.41, 5.74) is 5.03. The van der Waals surface area contributed by atoms with Crippen molar-refractivity contribution in [3.63, 3.8) is 0 Å². The molecular formula is C12H14F3NO3. The smallest absolute Gasteiger partial charge is 0.416 e. The van der Waals surface area contributed by atoms with Gasteiger partial charge in [0.2, 0.25) is 0 Å². The predicted octanol–water partition coefficient (Wildman–Crippen LogP) is 2.58. The molecule has 0 fully saturated rings. The molecule has 0 aliphatic rings. The van der Waals surface area contributed by atoms with Crippen LogP contribution in [0.3, 0.4) is 0 Å². The lowest BCUT2D eigenvalue weighted by Crippen LogP contribution is -2.15. The maximum absolute atomic E-state index is 12.6. The van der Waals surface area contributed by atoms with Crippen molar-refractivity contribution in [2.24, 2.45) is 5.73 Å². The lowest BCUT2D eigenvalue weighted by molar-refractivity contribution is -0.138. The van der Waals surface area contributed by atoms with Crippen molar-refractivity contribution in [3.8, 4) is 5.75 Å². The van der Waals surface area contributed by atoms with Gasteiger partial charge in [-0.3, -0.25) is 4.79 Å². The second-order valence-corrected chi connectivity index (χ2v) is 3.99. The molecule has 7 heteroatoms. The van der Waals surface area contributed by atoms with Crippen LogP contribution < -0.4 is 10.5 Å². The number of aliphatic carboxylic acids is 1. The van der Waals surface area contributed by atoms with Crippen LogP contribution in [-0.4, -0.2) is 18.2 Å². The van der Waals surface area contributed by atoms with Gasteiger partial charge in [0.1, 0.15) is 5.75 Å². The Morgan fingerprint density at radius 3 is 2.58 bits per heavy atom. The minimum Gasteiger partial charge on any atom is -0.496 e. The number of halogens is 3. The van der Waals surface area contributed by atoms with Crippen LogP contribution in [0.15, 0.2) is 18.2 Å². The number of methoxy groups -OCH3 is 1. The number of nitrogens with two attached hydrogens (primary N) is 1. The number of alkyl halides is 3. The summed E-state index contributed by atoms with van der Waals surface area (Å²) >= 11 is 0. The van der Waals surface area contributed by atoms with Gasteiger partial charge in [-0.15, -0.1) is 0 Å². The average molecular weight is 277 g/mol. The molecule has 1 aromatic carbocycles. The molecule has 1 aromatic rings. The number of hydrogen-bond donors (Lipinski definition) is 2. The normalized spacial score (nSPS) is 13.1. The van der Waals surface area contributed by atoms with Crippen molar-refractivity contribution in [3.05, 3.63) is 29.3 Å². The number of carbonyl (C=O) groups is 1. The Morgan fingerprint density at radius 1 is 1.47 bits per heavy atom. The molecule has 4 nitrogen and oxygen atoms in total. The minimum absolute atomic E-state index is 0.0347. The summed E-state index contributed by atoms with van der Waals surface area (Å²) in [5.74, 6) is -0.840. The van der Waals surface area contributed by atoms with Crippen LogP contribution in [0.25, 0.3) is 0 Å². The summed E-state index contributed by atoms with van der Waals surface area (Å²) in [6.45, 7) is 0. The monoisotopic (exact) mass is 277 g/mol. The van der Waals surface area contributed by atoms with E-state index in [1.165, 1.54) is 13.2 Å². The number of ether oxygens (including phenoxy) is 1. The fourth-order valence-corrected chi connectivity index (χ4v) is 1.63. The maximum Gasteiger partial charge on any atom is 0.416 e. The molecule has 1 unspecified atom stereocenters. The van der Waals surface area contributed by atoms with Crippen LogP contribution in [0, 0.1) is 0 Å². The molecule has 0 saturated heterocycles. The largest absolute Gasteiger partial charge is 0.496 e. The SMILES string of the molecule is COc1ccc(C(F)(F)F)cc1C(N)CCC(=O)O. The van der Waals surface area contributed by atoms with Gasteiger partial charge in [0.05, 0.1) is 12.7 Å². The quantitative estimate of drug-likeness (QED) is 0.867. The van der Waals surface area contributed by atoms with E-state index >= 15 is 0 Å². The second-order valence-electron chi connectivity index (χ2n) is 3.99. The van der Waals surface area contributed by atoms with Crippen LogP contribution in [0.5, 0.6) is 5.75 Å². The van der Waals surface area contributed by atoms with Gasteiger partial charge in [-0.2, -0.15) is 13.2 Å². The van der Waals surface area contributed by atoms with Gasteiger partial charge in [-0.1, -0.05) is 0 Å². The van der Waals surface area contributed by atoms with E-state index in [4.69, 9.17) is 15.6 Å². The van der Waals surface area contributed by atoms with Crippen molar-refractivity contribution in [1.82, 2.24) is 0 Å². The average Bonchev–Trinajstić information content (AvgIpc) is 2.33. The number of hydrogen-bond acceptors (Lipinski definition) is 3. The van der Waals surface area contributed by atoms with Crippen molar-refractivity contribution in [1.29, 1.82) is 0 Å². The Morgan fingerprint density at radius 2 is 2.11 bits per heavy atom. The van der Waals surface area contributed by atoms with Gasteiger partial charge in [0.15, 0.2) is 0 Å². The van der Waals surface area contributed by atoms with Crippen molar-refractivity contribution >= 4 is 5.97 Å². The molecular weight excluding hydrogens is 263 g/mol. The van der Waals surface area contributed by atoms with Crippen LogP contribution in [0.2, 0.25) is 0 Å². The number of carboxylic acids is 1. The van der Waals surface area contributed by atoms with E-state index in [1.54, 1.807) is 0 Å². The first kappa shape index (κ1) is 15.3. The summed E-state index contributed by atoms with van der Waals surface area (Å²) in [7, 11) is 1.32. The zero-order valence-electron chi connectivity index (χ0n) is 10.2. The fourth-order valence-electron chi connectivity index (χ4n) is 1.63. The van der Waals surface area contributed by atoms with E-state index in [0.717, 1.165) is 12.1 Å². The lowest BCUT2D eigenvalue weighted by Gasteiger charge is -2.17. The molecule has 19 heavy (non-hydrogen) atoms. The first-order chi connectivity index (χ1) is 8.75. The standard InChI is InChI=1S/C12H14F3NO3/c1-19-10-4-2-7(12(13,14)15)6-8(10)9(16)3-5-11(17)18/h2,4,6,9H,3,5,16H2,1H3,(H,17,18). The number of carboxylic acid groups (broad SMARTS) is 1. The summed E-state index contributed by atoms with van der Waals surface area (Å²) in [5, 5.41) is 8.55. The second kappa shape index (κ2) is 5.92. The van der Waals surface area contributed by atoms with Gasteiger partial charge in [-0.25, -0.2) is 0 Å². The molecule has 0 saturated carbocycles. The molecule has 0 aliphatic heterocycles. The third-order valence-electron chi connectivity index (χ3n) is 2.63. The molecule has 0 spiro atoms. The highest BCUT2D eigenvalue weighted by Gasteiger charge is 2.31. The van der Waals surface area contributed by atoms with Crippen molar-refractivity contribution in [2.45, 2.75) is 25.1 Å². The molecule has 3 N–H and O–H groups in total. The van der Waals surface area contributed by atoms with Crippen LogP contribution in [-0.2, 0) is 11.0 Å². The van der Waals surface area contributed by atoms with E-state index in [9.17, 15) is 18.0 Å². The summed E-state index contributed by atoms with van der Waals surface area (Å²) < 4.78 is 42.8. The van der Waals surface area contributed by atoms with Crippen LogP contribution in [0.1, 0.15) is 30.0 Å². The van der Waals surface area contributed by atoms with Crippen molar-refractivity contribution < 1.29 is 27.8 Å². The fraction of sp³-hybridized carbons (Fsp3) is 0.417. The lowest BCUT2D eigenvalue weighted by atomic mass is 9.99. The molecule has 0 aliphatic carbocycles. The molecule has 0 aromatic heterocycles. The highest BCUT2D eigenvalue weighted by Crippen LogP contribution is 2.35. The van der Waals surface area contributed by atoms with E-state index in [-0.39, 0.29) is 24.2 Å². The first-order valence-corrected chi connectivity index (χ1v) is 5.48. The Labute approximate surface area is 108 Å². The van der Waals surface area contributed by atoms with Gasteiger partial charge in [0.25, 0.3) is 0 Å². The topological polar surface area (TPSA) is 72.5 Å². The zero-order chi connectivity index (χ0) is 14.6. The highest BCUT2D eigenvalue weighted by atomic mass is 19.4. The molecule has 0 heterocycles. The Bertz CT molecular complexity index is 460. The van der Waals surface area contributed by atoms with E-state index in [1.807, 2.05) is 0 Å². The summed E-state index contributed by atoms with van der Waals surface area (Å²) in [4.78, 5) is 10.4. The molecule has 106 valence electrons. The van der Waals surface area contributed by atoms with Gasteiger partial charge in [-0.05, 0) is 24.6 Å². The number of benzene rings is 1. The Balaban J connectivity index is 3.05. The van der Waals surface area contributed by atoms with Crippen LogP contribution in [0.4, 0.5) is 13.2 Å². The van der Waals surface area contributed by atoms with Crippen molar-refractivity contribution in [2.75, 3.05) is 7.11 Å². The van der Waals surface area contributed by atoms with Gasteiger partial charge < -0.3 is 15.6 Å². The first-order valence-electron chi connectivity index (χ1n) is 5.48. The Kier molecular flexibility index (Phi) is 4.77. The zero-order valence-corrected chi connectivity index (χ0v) is 10.2. The minimum atomic E-state index is -4.48. The summed E-state index contributed by atoms with van der Waals surface area (Å²) in [6, 6.07) is 2.14. The van der Waals surface area contributed by atoms with E-state index < -0.39 is 23.8 Å². The maximum atomic E-state index is 12.6. The van der Waals surface area contributed by atoms with E-state index in [2.05, 4.69) is 0 Å². The predicted molar refractivity (Wildman–Crippen MR) is 61.8 cm³/mol. The molecule has 0 radical (unpaired) electrons. The van der Waals surface area contributed by atoms with E-state index in [0.29, 0.717) is 0 Å². The number of rotatable bonds is 5. The molecule has 1 rings (SSSR count). The Hall–Kier alpha value is -1.76. The third kappa shape index (κ3) is 4.13. The molecule has 1 atom stereocenters. The van der Waals surface area contributed by atoms with Gasteiger partial charge in [0, 0.05) is 18.0 Å². The summed E-state index contributed by atoms with van der Waals surface area (Å²) in [6.07, 6.45) is -4.67. The highest BCUT2D eigenvalue weighted by molar-refractivity contribution is 5.66. The van der Waals surface area contributed by atoms with Crippen LogP contribution >= 0.6 is 0 Å².